The molecular formula is C15H20F2N2O2. The van der Waals surface area contributed by atoms with Gasteiger partial charge >= 0.3 is 6.61 Å². The highest BCUT2D eigenvalue weighted by atomic mass is 19.3. The summed E-state index contributed by atoms with van der Waals surface area (Å²) in [6.07, 6.45) is 1.82. The first-order valence-corrected chi connectivity index (χ1v) is 7.12. The molecule has 6 heteroatoms. The summed E-state index contributed by atoms with van der Waals surface area (Å²) in [5.41, 5.74) is 0.551. The van der Waals surface area contributed by atoms with Crippen molar-refractivity contribution in [3.05, 3.63) is 29.8 Å². The van der Waals surface area contributed by atoms with Gasteiger partial charge in [-0.05, 0) is 32.4 Å². The highest BCUT2D eigenvalue weighted by Gasteiger charge is 2.23. The average Bonchev–Trinajstić information content (AvgIpc) is 2.48. The highest BCUT2D eigenvalue weighted by molar-refractivity contribution is 5.79. The monoisotopic (exact) mass is 298 g/mol. The normalized spacial score (nSPS) is 20.1. The Kier molecular flexibility index (Phi) is 5.50. The molecule has 1 saturated heterocycles. The molecule has 1 aromatic rings. The van der Waals surface area contributed by atoms with Crippen molar-refractivity contribution in [2.45, 2.75) is 32.4 Å². The first kappa shape index (κ1) is 15.7. The number of hydrogen-bond acceptors (Lipinski definition) is 3. The molecule has 1 fully saturated rings. The molecule has 0 aromatic heterocycles. The molecule has 1 heterocycles. The minimum atomic E-state index is -2.88. The van der Waals surface area contributed by atoms with Crippen LogP contribution in [0.4, 0.5) is 8.78 Å². The van der Waals surface area contributed by atoms with Crippen LogP contribution in [0.2, 0.25) is 0 Å². The van der Waals surface area contributed by atoms with Gasteiger partial charge in [0.1, 0.15) is 5.75 Å². The lowest BCUT2D eigenvalue weighted by Gasteiger charge is -2.25. The van der Waals surface area contributed by atoms with E-state index in [2.05, 4.69) is 15.4 Å². The Morgan fingerprint density at radius 3 is 2.86 bits per heavy atom. The third-order valence-corrected chi connectivity index (χ3v) is 3.63. The standard InChI is InChI=1S/C15H20F2N2O2/c1-10(19-14(20)11-5-4-8-18-9-11)12-6-2-3-7-13(12)21-15(16)17/h2-3,6-7,10-11,15,18H,4-5,8-9H2,1H3,(H,19,20)/t10?,11-/m0/s1. The topological polar surface area (TPSA) is 50.4 Å². The third kappa shape index (κ3) is 4.39. The molecule has 1 aliphatic heterocycles. The highest BCUT2D eigenvalue weighted by Crippen LogP contribution is 2.26. The number of carbonyl (C=O) groups excluding carboxylic acids is 1. The van der Waals surface area contributed by atoms with E-state index in [0.717, 1.165) is 19.4 Å². The summed E-state index contributed by atoms with van der Waals surface area (Å²) in [7, 11) is 0. The van der Waals surface area contributed by atoms with Crippen molar-refractivity contribution in [3.8, 4) is 5.75 Å². The lowest BCUT2D eigenvalue weighted by Crippen LogP contribution is -2.41. The molecule has 1 aromatic carbocycles. The lowest BCUT2D eigenvalue weighted by molar-refractivity contribution is -0.126. The Labute approximate surface area is 122 Å². The maximum Gasteiger partial charge on any atom is 0.387 e. The molecule has 0 radical (unpaired) electrons. The predicted molar refractivity (Wildman–Crippen MR) is 75.2 cm³/mol. The molecule has 116 valence electrons. The van der Waals surface area contributed by atoms with E-state index in [9.17, 15) is 13.6 Å². The van der Waals surface area contributed by atoms with Crippen LogP contribution in [0, 0.1) is 5.92 Å². The Balaban J connectivity index is 2.02. The number of alkyl halides is 2. The van der Waals surface area contributed by atoms with Crippen molar-refractivity contribution >= 4 is 5.91 Å². The van der Waals surface area contributed by atoms with Crippen molar-refractivity contribution in [1.82, 2.24) is 10.6 Å². The molecule has 2 rings (SSSR count). The minimum Gasteiger partial charge on any atom is -0.434 e. The number of ether oxygens (including phenoxy) is 1. The van der Waals surface area contributed by atoms with Crippen LogP contribution in [0.25, 0.3) is 0 Å². The van der Waals surface area contributed by atoms with Gasteiger partial charge < -0.3 is 15.4 Å². The summed E-state index contributed by atoms with van der Waals surface area (Å²) in [5, 5.41) is 6.06. The zero-order valence-corrected chi connectivity index (χ0v) is 11.9. The summed E-state index contributed by atoms with van der Waals surface area (Å²) < 4.78 is 29.3. The van der Waals surface area contributed by atoms with Crippen LogP contribution >= 0.6 is 0 Å². The molecular weight excluding hydrogens is 278 g/mol. The van der Waals surface area contributed by atoms with Gasteiger partial charge in [0.15, 0.2) is 0 Å². The molecule has 0 spiro atoms. The van der Waals surface area contributed by atoms with Crippen molar-refractivity contribution in [1.29, 1.82) is 0 Å². The van der Waals surface area contributed by atoms with Crippen LogP contribution in [-0.2, 0) is 4.79 Å². The van der Waals surface area contributed by atoms with Crippen LogP contribution in [0.3, 0.4) is 0 Å². The molecule has 1 aliphatic rings. The second-order valence-electron chi connectivity index (χ2n) is 5.19. The molecule has 0 aliphatic carbocycles. The summed E-state index contributed by atoms with van der Waals surface area (Å²) in [6.45, 7) is 0.483. The Morgan fingerprint density at radius 2 is 2.19 bits per heavy atom. The van der Waals surface area contributed by atoms with Crippen LogP contribution in [0.1, 0.15) is 31.4 Å². The van der Waals surface area contributed by atoms with Crippen molar-refractivity contribution < 1.29 is 18.3 Å². The van der Waals surface area contributed by atoms with E-state index >= 15 is 0 Å². The van der Waals surface area contributed by atoms with E-state index in [1.54, 1.807) is 25.1 Å². The SMILES string of the molecule is CC(NC(=O)[C@H]1CCCNC1)c1ccccc1OC(F)F. The van der Waals surface area contributed by atoms with Gasteiger partial charge in [0.05, 0.1) is 12.0 Å². The predicted octanol–water partition coefficient (Wildman–Crippen LogP) is 2.46. The molecule has 2 atom stereocenters. The van der Waals surface area contributed by atoms with Crippen molar-refractivity contribution in [2.24, 2.45) is 5.92 Å². The Hall–Kier alpha value is -1.69. The Morgan fingerprint density at radius 1 is 1.43 bits per heavy atom. The molecule has 0 bridgehead atoms. The van der Waals surface area contributed by atoms with Crippen LogP contribution < -0.4 is 15.4 Å². The fourth-order valence-electron chi connectivity index (χ4n) is 2.53. The van der Waals surface area contributed by atoms with E-state index in [1.807, 2.05) is 0 Å². The number of hydrogen-bond donors (Lipinski definition) is 2. The molecule has 4 nitrogen and oxygen atoms in total. The number of nitrogens with one attached hydrogen (secondary N) is 2. The summed E-state index contributed by atoms with van der Waals surface area (Å²) >= 11 is 0. The fraction of sp³-hybridized carbons (Fsp3) is 0.533. The number of piperidine rings is 1. The number of amides is 1. The number of carbonyl (C=O) groups is 1. The van der Waals surface area contributed by atoms with Gasteiger partial charge in [-0.3, -0.25) is 4.79 Å². The van der Waals surface area contributed by atoms with Gasteiger partial charge in [-0.1, -0.05) is 18.2 Å². The second-order valence-corrected chi connectivity index (χ2v) is 5.19. The van der Waals surface area contributed by atoms with E-state index in [1.165, 1.54) is 6.07 Å². The zero-order chi connectivity index (χ0) is 15.2. The second kappa shape index (κ2) is 7.36. The lowest BCUT2D eigenvalue weighted by atomic mass is 9.98. The van der Waals surface area contributed by atoms with Crippen LogP contribution in [0.15, 0.2) is 24.3 Å². The zero-order valence-electron chi connectivity index (χ0n) is 11.9. The summed E-state index contributed by atoms with van der Waals surface area (Å²) in [5.74, 6) is -0.0204. The quantitative estimate of drug-likeness (QED) is 0.878. The average molecular weight is 298 g/mol. The van der Waals surface area contributed by atoms with Crippen molar-refractivity contribution in [2.75, 3.05) is 13.1 Å². The number of halogens is 2. The van der Waals surface area contributed by atoms with Gasteiger partial charge in [-0.2, -0.15) is 8.78 Å². The molecule has 1 amide bonds. The minimum absolute atomic E-state index is 0.0541. The van der Waals surface area contributed by atoms with Gasteiger partial charge in [0, 0.05) is 12.1 Å². The van der Waals surface area contributed by atoms with Gasteiger partial charge in [-0.25, -0.2) is 0 Å². The van der Waals surface area contributed by atoms with Gasteiger partial charge in [0.2, 0.25) is 5.91 Å². The molecule has 2 N–H and O–H groups in total. The maximum atomic E-state index is 12.4. The first-order valence-electron chi connectivity index (χ1n) is 7.12. The molecule has 0 saturated carbocycles. The fourth-order valence-corrected chi connectivity index (χ4v) is 2.53. The largest absolute Gasteiger partial charge is 0.434 e. The molecule has 1 unspecified atom stereocenters. The van der Waals surface area contributed by atoms with Gasteiger partial charge in [0.25, 0.3) is 0 Å². The van der Waals surface area contributed by atoms with E-state index in [-0.39, 0.29) is 23.6 Å². The third-order valence-electron chi connectivity index (χ3n) is 3.63. The van der Waals surface area contributed by atoms with Gasteiger partial charge in [-0.15, -0.1) is 0 Å². The Bertz CT molecular complexity index is 476. The van der Waals surface area contributed by atoms with Crippen molar-refractivity contribution in [3.63, 3.8) is 0 Å². The summed E-state index contributed by atoms with van der Waals surface area (Å²) in [6, 6.07) is 6.14. The number of benzene rings is 1. The number of rotatable bonds is 5. The van der Waals surface area contributed by atoms with E-state index < -0.39 is 6.61 Å². The van der Waals surface area contributed by atoms with Crippen LogP contribution in [-0.4, -0.2) is 25.6 Å². The van der Waals surface area contributed by atoms with E-state index in [0.29, 0.717) is 12.1 Å². The maximum absolute atomic E-state index is 12.4. The summed E-state index contributed by atoms with van der Waals surface area (Å²) in [4.78, 5) is 12.2. The van der Waals surface area contributed by atoms with Crippen LogP contribution in [0.5, 0.6) is 5.75 Å². The van der Waals surface area contributed by atoms with E-state index in [4.69, 9.17) is 0 Å². The molecule has 21 heavy (non-hydrogen) atoms. The smallest absolute Gasteiger partial charge is 0.387 e. The first-order chi connectivity index (χ1) is 10.1. The number of para-hydroxylation sites is 1.